The Morgan fingerprint density at radius 2 is 0.455 bits per heavy atom. The molecule has 21 aromatic carbocycles. The Labute approximate surface area is 634 Å². The highest BCUT2D eigenvalue weighted by Gasteiger charge is 2.26. The Morgan fingerprint density at radius 3 is 0.945 bits per heavy atom. The zero-order valence-electron chi connectivity index (χ0n) is 59.8. The molecule has 0 radical (unpaired) electrons. The minimum Gasteiger partial charge on any atom is -0.455 e. The maximum absolute atomic E-state index is 6.72. The van der Waals surface area contributed by atoms with Crippen molar-refractivity contribution >= 4 is 186 Å². The molecule has 0 saturated heterocycles. The zero-order chi connectivity index (χ0) is 72.3. The minimum atomic E-state index is 0.883. The highest BCUT2D eigenvalue weighted by Crippen LogP contribution is 2.51. The molecule has 512 valence electrons. The molecule has 0 spiro atoms. The molecule has 0 N–H and O–H groups in total. The van der Waals surface area contributed by atoms with Crippen LogP contribution in [-0.4, -0.2) is 0 Å². The number of anilines is 6. The predicted molar refractivity (Wildman–Crippen MR) is 468 cm³/mol. The Kier molecular flexibility index (Phi) is 14.6. The molecule has 23 rings (SSSR count). The van der Waals surface area contributed by atoms with E-state index in [2.05, 4.69) is 404 Å². The molecular weight excluding hydrogens is 1330 g/mol. The first-order valence-electron chi connectivity index (χ1n) is 37.8. The zero-order valence-corrected chi connectivity index (χ0v) is 59.8. The normalized spacial score (nSPS) is 11.8. The number of hydrogen-bond acceptors (Lipinski definition) is 4. The minimum absolute atomic E-state index is 0.883. The monoisotopic (exact) mass is 1400 g/mol. The number of rotatable bonds is 9. The molecule has 4 nitrogen and oxygen atoms in total. The number of nitrogens with zero attached hydrogens (tertiary/aromatic N) is 2. The van der Waals surface area contributed by atoms with Gasteiger partial charge < -0.3 is 18.6 Å². The Balaban J connectivity index is 0.000000136. The van der Waals surface area contributed by atoms with Gasteiger partial charge in [0.25, 0.3) is 0 Å². The second-order valence-electron chi connectivity index (χ2n) is 28.9. The maximum atomic E-state index is 6.72. The van der Waals surface area contributed by atoms with E-state index in [9.17, 15) is 0 Å². The summed E-state index contributed by atoms with van der Waals surface area (Å²) in [6.07, 6.45) is 0. The Bertz CT molecular complexity index is 7660. The van der Waals surface area contributed by atoms with Crippen LogP contribution in [0, 0.1) is 0 Å². The van der Waals surface area contributed by atoms with E-state index in [0.717, 1.165) is 99.5 Å². The molecule has 2 aromatic heterocycles. The van der Waals surface area contributed by atoms with Crippen LogP contribution in [0.2, 0.25) is 0 Å². The van der Waals surface area contributed by atoms with E-state index in [-0.39, 0.29) is 0 Å². The van der Waals surface area contributed by atoms with Gasteiger partial charge in [0, 0.05) is 44.0 Å². The summed E-state index contributed by atoms with van der Waals surface area (Å²) in [5.41, 5.74) is 17.3. The third kappa shape index (κ3) is 10.3. The van der Waals surface area contributed by atoms with E-state index < -0.39 is 0 Å². The Hall–Kier alpha value is -14.6. The number of para-hydroxylation sites is 2. The number of fused-ring (bicyclic) bond motifs is 22. The van der Waals surface area contributed by atoms with Gasteiger partial charge in [0.1, 0.15) is 22.3 Å². The van der Waals surface area contributed by atoms with Crippen molar-refractivity contribution in [3.05, 3.63) is 400 Å². The maximum Gasteiger partial charge on any atom is 0.145 e. The SMILES string of the molecule is c1ccc2c(c1)cc(-c1ccc(-c3ccc(N(c4cc5ccccc5c5ccccc45)c4cc5ccccc5c5oc6ccccc6c45)cc3)cc1)c1ccccc12.c1ccc2c(c1)ccc1cc(N(c3ccc(-c4cc5ccccc5c5ccccc45)cc3)c3cc4ccccc4c4oc5ccccc5c34)ccc12. The number of furan rings is 2. The highest BCUT2D eigenvalue weighted by molar-refractivity contribution is 6.26. The lowest BCUT2D eigenvalue weighted by atomic mass is 9.92. The summed E-state index contributed by atoms with van der Waals surface area (Å²) in [6, 6.07) is 145. The summed E-state index contributed by atoms with van der Waals surface area (Å²) >= 11 is 0. The van der Waals surface area contributed by atoms with E-state index >= 15 is 0 Å². The van der Waals surface area contributed by atoms with Gasteiger partial charge in [0.2, 0.25) is 0 Å². The summed E-state index contributed by atoms with van der Waals surface area (Å²) in [5.74, 6) is 0. The quantitative estimate of drug-likeness (QED) is 0.135. The summed E-state index contributed by atoms with van der Waals surface area (Å²) in [5, 5.41) is 28.9. The van der Waals surface area contributed by atoms with Crippen LogP contribution in [0.3, 0.4) is 0 Å². The number of hydrogen-bond donors (Lipinski definition) is 0. The fourth-order valence-electron chi connectivity index (χ4n) is 17.6. The van der Waals surface area contributed by atoms with Crippen LogP contribution in [0.25, 0.3) is 185 Å². The van der Waals surface area contributed by atoms with E-state index in [1.54, 1.807) is 0 Å². The van der Waals surface area contributed by atoms with Gasteiger partial charge in [-0.2, -0.15) is 0 Å². The first kappa shape index (κ1) is 62.8. The van der Waals surface area contributed by atoms with Gasteiger partial charge in [0.15, 0.2) is 0 Å². The van der Waals surface area contributed by atoms with Crippen LogP contribution in [0.15, 0.2) is 409 Å². The van der Waals surface area contributed by atoms with Gasteiger partial charge in [-0.15, -0.1) is 0 Å². The molecule has 0 unspecified atom stereocenters. The molecule has 0 aliphatic rings. The predicted octanol–water partition coefficient (Wildman–Crippen LogP) is 30.6. The molecular formula is C106H66N2O2. The van der Waals surface area contributed by atoms with Gasteiger partial charge in [-0.3, -0.25) is 0 Å². The topological polar surface area (TPSA) is 32.8 Å². The largest absolute Gasteiger partial charge is 0.455 e. The standard InChI is InChI=1S/C56H35NO.C50H31NO/c1-4-16-43-39(13-1)33-51(48-21-8-7-19-46(43)48)38-27-25-36(26-28-38)37-29-31-42(32-30-37)57(52-34-40-14-2-5-17-44(40)47-20-9-10-22-49(47)52)53-35-41-15-3-6-18-45(41)56-55(53)50-23-11-12-24-54(50)58-56;1-4-14-39-32(11-1)21-22-36-29-38(27-28-41(36)39)51(47-31-35-13-3-6-16-42(35)50-49(47)45-19-9-10-20-48(45)52-50)37-25-23-33(24-26-37)46-30-34-12-2-5-15-40(34)43-17-7-8-18-44(43)46/h1-35H;1-31H. The smallest absolute Gasteiger partial charge is 0.145 e. The van der Waals surface area contributed by atoms with E-state index in [1.807, 2.05) is 6.07 Å². The van der Waals surface area contributed by atoms with Crippen molar-refractivity contribution in [3.63, 3.8) is 0 Å². The van der Waals surface area contributed by atoms with Crippen LogP contribution >= 0.6 is 0 Å². The fourth-order valence-corrected chi connectivity index (χ4v) is 17.6. The molecule has 0 bridgehead atoms. The van der Waals surface area contributed by atoms with Crippen molar-refractivity contribution < 1.29 is 8.83 Å². The summed E-state index contributed by atoms with van der Waals surface area (Å²) < 4.78 is 13.4. The van der Waals surface area contributed by atoms with Crippen LogP contribution in [-0.2, 0) is 0 Å². The van der Waals surface area contributed by atoms with Crippen molar-refractivity contribution in [2.45, 2.75) is 0 Å². The first-order chi connectivity index (χ1) is 54.5. The lowest BCUT2D eigenvalue weighted by Gasteiger charge is -2.29. The third-order valence-electron chi connectivity index (χ3n) is 22.8. The van der Waals surface area contributed by atoms with Crippen LogP contribution in [0.4, 0.5) is 34.1 Å². The molecule has 4 heteroatoms. The summed E-state index contributed by atoms with van der Waals surface area (Å²) in [6.45, 7) is 0. The first-order valence-corrected chi connectivity index (χ1v) is 37.8. The van der Waals surface area contributed by atoms with Crippen LogP contribution < -0.4 is 9.80 Å². The lowest BCUT2D eigenvalue weighted by Crippen LogP contribution is -2.11. The van der Waals surface area contributed by atoms with Crippen molar-refractivity contribution in [1.82, 2.24) is 0 Å². The second kappa shape index (κ2) is 25.6. The van der Waals surface area contributed by atoms with Gasteiger partial charge >= 0.3 is 0 Å². The van der Waals surface area contributed by atoms with E-state index in [1.165, 1.54) is 120 Å². The van der Waals surface area contributed by atoms with Gasteiger partial charge in [-0.25, -0.2) is 0 Å². The molecule has 2 heterocycles. The molecule has 0 atom stereocenters. The van der Waals surface area contributed by atoms with Crippen molar-refractivity contribution in [2.24, 2.45) is 0 Å². The molecule has 23 aromatic rings. The molecule has 0 saturated carbocycles. The van der Waals surface area contributed by atoms with E-state index in [4.69, 9.17) is 8.83 Å². The average molecular weight is 1400 g/mol. The van der Waals surface area contributed by atoms with Crippen LogP contribution in [0.1, 0.15) is 0 Å². The molecule has 110 heavy (non-hydrogen) atoms. The number of benzene rings is 21. The van der Waals surface area contributed by atoms with Gasteiger partial charge in [0.05, 0.1) is 27.8 Å². The molecule has 0 fully saturated rings. The average Bonchev–Trinajstić information content (AvgIpc) is 1.50. The Morgan fingerprint density at radius 1 is 0.164 bits per heavy atom. The highest BCUT2D eigenvalue weighted by atomic mass is 16.3. The third-order valence-corrected chi connectivity index (χ3v) is 22.8. The molecule has 0 aliphatic heterocycles. The lowest BCUT2D eigenvalue weighted by molar-refractivity contribution is 0.672. The van der Waals surface area contributed by atoms with Crippen LogP contribution in [0.5, 0.6) is 0 Å². The van der Waals surface area contributed by atoms with Crippen molar-refractivity contribution in [1.29, 1.82) is 0 Å². The van der Waals surface area contributed by atoms with Crippen molar-refractivity contribution in [3.8, 4) is 33.4 Å². The van der Waals surface area contributed by atoms with Gasteiger partial charge in [-0.1, -0.05) is 322 Å². The summed E-state index contributed by atoms with van der Waals surface area (Å²) in [4.78, 5) is 4.86. The van der Waals surface area contributed by atoms with Gasteiger partial charge in [-0.05, 0) is 204 Å². The summed E-state index contributed by atoms with van der Waals surface area (Å²) in [7, 11) is 0. The molecule has 0 aliphatic carbocycles. The molecule has 0 amide bonds. The fraction of sp³-hybridized carbons (Fsp3) is 0. The van der Waals surface area contributed by atoms with E-state index in [0.29, 0.717) is 0 Å². The van der Waals surface area contributed by atoms with Crippen molar-refractivity contribution in [2.75, 3.05) is 9.80 Å². The second-order valence-corrected chi connectivity index (χ2v) is 28.9.